The van der Waals surface area contributed by atoms with Gasteiger partial charge in [0, 0.05) is 11.8 Å². The van der Waals surface area contributed by atoms with Gasteiger partial charge in [0.05, 0.1) is 11.9 Å². The van der Waals surface area contributed by atoms with E-state index in [2.05, 4.69) is 56.8 Å². The average molecular weight is 326 g/mol. The summed E-state index contributed by atoms with van der Waals surface area (Å²) < 4.78 is 0. The van der Waals surface area contributed by atoms with Crippen molar-refractivity contribution >= 4 is 17.1 Å². The van der Waals surface area contributed by atoms with Gasteiger partial charge in [0.1, 0.15) is 17.1 Å². The smallest absolute Gasteiger partial charge is 0.146 e. The Morgan fingerprint density at radius 2 is 1.58 bits per heavy atom. The van der Waals surface area contributed by atoms with E-state index >= 15 is 0 Å². The third-order valence-corrected chi connectivity index (χ3v) is 3.86. The number of azo groups is 1. The van der Waals surface area contributed by atoms with E-state index in [1.54, 1.807) is 18.5 Å². The molecule has 0 saturated carbocycles. The molecule has 5 heteroatoms. The first-order valence-corrected chi connectivity index (χ1v) is 7.99. The fraction of sp³-hybridized carbons (Fsp3) is 0.421. The molecule has 0 spiro atoms. The van der Waals surface area contributed by atoms with Gasteiger partial charge in [0.2, 0.25) is 0 Å². The summed E-state index contributed by atoms with van der Waals surface area (Å²) in [5.74, 6) is 0.154. The fourth-order valence-electron chi connectivity index (χ4n) is 2.29. The van der Waals surface area contributed by atoms with Crippen LogP contribution in [0.1, 0.15) is 52.7 Å². The van der Waals surface area contributed by atoms with Crippen molar-refractivity contribution < 1.29 is 5.11 Å². The molecule has 0 amide bonds. The number of pyridine rings is 1. The highest BCUT2D eigenvalue weighted by Crippen LogP contribution is 2.42. The number of hydrogen-bond donors (Lipinski definition) is 2. The first-order valence-electron chi connectivity index (χ1n) is 7.99. The molecule has 0 bridgehead atoms. The number of hydrogen-bond acceptors (Lipinski definition) is 5. The summed E-state index contributed by atoms with van der Waals surface area (Å²) in [4.78, 5) is 4.00. The van der Waals surface area contributed by atoms with Gasteiger partial charge in [-0.3, -0.25) is 4.98 Å². The van der Waals surface area contributed by atoms with Gasteiger partial charge < -0.3 is 10.8 Å². The van der Waals surface area contributed by atoms with Crippen LogP contribution in [0.15, 0.2) is 40.8 Å². The molecule has 0 aliphatic heterocycles. The van der Waals surface area contributed by atoms with E-state index in [4.69, 9.17) is 5.73 Å². The lowest BCUT2D eigenvalue weighted by Crippen LogP contribution is -2.16. The number of aromatic nitrogens is 1. The van der Waals surface area contributed by atoms with E-state index in [1.807, 2.05) is 12.1 Å². The average Bonchev–Trinajstić information content (AvgIpc) is 2.45. The zero-order valence-corrected chi connectivity index (χ0v) is 15.3. The van der Waals surface area contributed by atoms with Gasteiger partial charge in [-0.05, 0) is 28.5 Å². The first kappa shape index (κ1) is 17.9. The molecular weight excluding hydrogens is 300 g/mol. The van der Waals surface area contributed by atoms with Gasteiger partial charge in [0.15, 0.2) is 0 Å². The maximum absolute atomic E-state index is 10.7. The minimum atomic E-state index is -0.205. The molecule has 1 aromatic carbocycles. The maximum Gasteiger partial charge on any atom is 0.146 e. The molecule has 24 heavy (non-hydrogen) atoms. The van der Waals surface area contributed by atoms with E-state index in [0.717, 1.165) is 11.1 Å². The van der Waals surface area contributed by atoms with Gasteiger partial charge in [-0.15, -0.1) is 10.2 Å². The van der Waals surface area contributed by atoms with Crippen molar-refractivity contribution in [3.05, 3.63) is 41.7 Å². The topological polar surface area (TPSA) is 83.9 Å². The molecule has 2 aromatic rings. The highest BCUT2D eigenvalue weighted by Gasteiger charge is 2.25. The molecule has 0 aliphatic rings. The molecule has 0 radical (unpaired) electrons. The van der Waals surface area contributed by atoms with Crippen LogP contribution < -0.4 is 5.73 Å². The van der Waals surface area contributed by atoms with Gasteiger partial charge in [-0.2, -0.15) is 0 Å². The number of anilines is 1. The van der Waals surface area contributed by atoms with E-state index in [1.165, 1.54) is 0 Å². The summed E-state index contributed by atoms with van der Waals surface area (Å²) in [7, 11) is 0. The minimum Gasteiger partial charge on any atom is -0.505 e. The number of phenolic OH excluding ortho intramolecular Hbond substituents is 1. The zero-order valence-electron chi connectivity index (χ0n) is 15.3. The summed E-state index contributed by atoms with van der Waals surface area (Å²) in [6.07, 6.45) is 3.15. The third kappa shape index (κ3) is 3.91. The molecular formula is C19H26N4O. The lowest BCUT2D eigenvalue weighted by atomic mass is 9.80. The van der Waals surface area contributed by atoms with Gasteiger partial charge >= 0.3 is 0 Å². The number of nitrogens with zero attached hydrogens (tertiary/aromatic N) is 3. The summed E-state index contributed by atoms with van der Waals surface area (Å²) in [6, 6.07) is 5.59. The number of nitrogen functional groups attached to an aromatic ring is 1. The van der Waals surface area contributed by atoms with Gasteiger partial charge in [0.25, 0.3) is 0 Å². The number of phenols is 1. The lowest BCUT2D eigenvalue weighted by Gasteiger charge is -2.26. The third-order valence-electron chi connectivity index (χ3n) is 3.86. The molecule has 3 N–H and O–H groups in total. The SMILES string of the molecule is CC(C)(C)c1cc(/N=N/c2cnccc2N)c(O)c(C(C)(C)C)c1. The minimum absolute atomic E-state index is 0.0642. The largest absolute Gasteiger partial charge is 0.505 e. The lowest BCUT2D eigenvalue weighted by molar-refractivity contribution is 0.446. The Labute approximate surface area is 143 Å². The second-order valence-corrected chi connectivity index (χ2v) is 8.03. The molecule has 128 valence electrons. The summed E-state index contributed by atoms with van der Waals surface area (Å²) in [5.41, 5.74) is 8.96. The van der Waals surface area contributed by atoms with E-state index < -0.39 is 0 Å². The van der Waals surface area contributed by atoms with E-state index in [9.17, 15) is 5.11 Å². The second-order valence-electron chi connectivity index (χ2n) is 8.03. The molecule has 0 atom stereocenters. The Morgan fingerprint density at radius 1 is 0.958 bits per heavy atom. The standard InChI is InChI=1S/C19H26N4O/c1-18(2,3)12-9-13(19(4,5)6)17(24)15(10-12)22-23-16-11-21-8-7-14(16)20/h7-11,24H,1-6H3,(H2,20,21)/b23-22+. The number of aromatic hydroxyl groups is 1. The molecule has 0 unspecified atom stereocenters. The Kier molecular flexibility index (Phi) is 4.65. The number of nitrogens with two attached hydrogens (primary N) is 1. The van der Waals surface area contributed by atoms with Crippen LogP contribution in [0.3, 0.4) is 0 Å². The fourth-order valence-corrected chi connectivity index (χ4v) is 2.29. The van der Waals surface area contributed by atoms with Crippen LogP contribution in [0.2, 0.25) is 0 Å². The second kappa shape index (κ2) is 6.23. The van der Waals surface area contributed by atoms with Crippen molar-refractivity contribution in [3.8, 4) is 5.75 Å². The van der Waals surface area contributed by atoms with Crippen LogP contribution in [0.25, 0.3) is 0 Å². The van der Waals surface area contributed by atoms with Crippen molar-refractivity contribution in [2.24, 2.45) is 10.2 Å². The van der Waals surface area contributed by atoms with Crippen molar-refractivity contribution in [3.63, 3.8) is 0 Å². The summed E-state index contributed by atoms with van der Waals surface area (Å²) >= 11 is 0. The number of rotatable bonds is 2. The molecule has 0 fully saturated rings. The van der Waals surface area contributed by atoms with E-state index in [-0.39, 0.29) is 16.6 Å². The van der Waals surface area contributed by atoms with Crippen LogP contribution in [-0.2, 0) is 10.8 Å². The summed E-state index contributed by atoms with van der Waals surface area (Å²) in [6.45, 7) is 12.6. The van der Waals surface area contributed by atoms with Crippen LogP contribution in [0.4, 0.5) is 17.1 Å². The van der Waals surface area contributed by atoms with Crippen molar-refractivity contribution in [2.75, 3.05) is 5.73 Å². The molecule has 0 saturated heterocycles. The van der Waals surface area contributed by atoms with Crippen LogP contribution in [-0.4, -0.2) is 10.1 Å². The van der Waals surface area contributed by atoms with Crippen LogP contribution in [0, 0.1) is 0 Å². The summed E-state index contributed by atoms with van der Waals surface area (Å²) in [5, 5.41) is 19.1. The molecule has 5 nitrogen and oxygen atoms in total. The van der Waals surface area contributed by atoms with Crippen LogP contribution in [0.5, 0.6) is 5.75 Å². The quantitative estimate of drug-likeness (QED) is 0.727. The highest BCUT2D eigenvalue weighted by atomic mass is 16.3. The first-order chi connectivity index (χ1) is 11.0. The Hall–Kier alpha value is -2.43. The van der Waals surface area contributed by atoms with Crippen molar-refractivity contribution in [2.45, 2.75) is 52.4 Å². The zero-order chi connectivity index (χ0) is 18.1. The Morgan fingerprint density at radius 3 is 2.12 bits per heavy atom. The number of benzene rings is 1. The molecule has 0 aliphatic carbocycles. The normalized spacial score (nSPS) is 12.8. The van der Waals surface area contributed by atoms with Crippen LogP contribution >= 0.6 is 0 Å². The molecule has 2 rings (SSSR count). The Bertz CT molecular complexity index is 768. The van der Waals surface area contributed by atoms with Gasteiger partial charge in [-0.25, -0.2) is 0 Å². The van der Waals surface area contributed by atoms with Gasteiger partial charge in [-0.1, -0.05) is 47.6 Å². The molecule has 1 aromatic heterocycles. The van der Waals surface area contributed by atoms with Crippen molar-refractivity contribution in [1.82, 2.24) is 4.98 Å². The molecule has 1 heterocycles. The predicted molar refractivity (Wildman–Crippen MR) is 98.3 cm³/mol. The highest BCUT2D eigenvalue weighted by molar-refractivity contribution is 5.62. The van der Waals surface area contributed by atoms with E-state index in [0.29, 0.717) is 17.1 Å². The maximum atomic E-state index is 10.7. The van der Waals surface area contributed by atoms with Crippen molar-refractivity contribution in [1.29, 1.82) is 0 Å². The Balaban J connectivity index is 2.59. The monoisotopic (exact) mass is 326 g/mol. The predicted octanol–water partition coefficient (Wildman–Crippen LogP) is 5.38.